The molecule has 1 N–H and O–H groups in total. The van der Waals surface area contributed by atoms with Crippen molar-refractivity contribution in [3.8, 4) is 0 Å². The van der Waals surface area contributed by atoms with Gasteiger partial charge in [-0.05, 0) is 38.6 Å². The first-order valence-corrected chi connectivity index (χ1v) is 4.78. The number of aromatic carboxylic acids is 1. The highest BCUT2D eigenvalue weighted by Crippen LogP contribution is 2.27. The number of carbonyl (C=O) groups is 1. The van der Waals surface area contributed by atoms with Gasteiger partial charge in [0.1, 0.15) is 0 Å². The maximum Gasteiger partial charge on any atom is 0.378 e. The minimum absolute atomic E-state index is 0.129. The van der Waals surface area contributed by atoms with Gasteiger partial charge in [0.25, 0.3) is 0 Å². The van der Waals surface area contributed by atoms with Gasteiger partial charge in [-0.25, -0.2) is 13.6 Å². The number of carboxylic acid groups (broad SMARTS) is 1. The molecule has 0 saturated carbocycles. The van der Waals surface area contributed by atoms with Crippen molar-refractivity contribution in [2.45, 2.75) is 6.43 Å². The first-order chi connectivity index (χ1) is 7.34. The fourth-order valence-corrected chi connectivity index (χ4v) is 1.61. The Labute approximate surface area is 101 Å². The molecule has 16 heavy (non-hydrogen) atoms. The smallest absolute Gasteiger partial charge is 0.378 e. The molecular weight excluding hydrogens is 341 g/mol. The van der Waals surface area contributed by atoms with E-state index in [4.69, 9.17) is 5.11 Å². The molecule has 0 unspecified atom stereocenters. The number of hydrogen-bond acceptors (Lipinski definition) is 4. The van der Waals surface area contributed by atoms with Crippen molar-refractivity contribution in [2.24, 2.45) is 0 Å². The van der Waals surface area contributed by atoms with Gasteiger partial charge in [0.05, 0.1) is 3.57 Å². The summed E-state index contributed by atoms with van der Waals surface area (Å²) in [6, 6.07) is 0.801. The maximum atomic E-state index is 12.4. The van der Waals surface area contributed by atoms with Gasteiger partial charge in [-0.3, -0.25) is 0 Å². The van der Waals surface area contributed by atoms with Crippen LogP contribution < -0.4 is 0 Å². The number of pyridine rings is 1. The second-order valence-electron chi connectivity index (χ2n) is 2.59. The van der Waals surface area contributed by atoms with Crippen molar-refractivity contribution in [3.63, 3.8) is 0 Å². The van der Waals surface area contributed by atoms with E-state index < -0.39 is 34.4 Å². The number of rotatable bonds is 3. The third-order valence-corrected chi connectivity index (χ3v) is 2.46. The molecule has 9 heteroatoms. The van der Waals surface area contributed by atoms with E-state index in [9.17, 15) is 23.7 Å². The molecule has 0 aliphatic rings. The van der Waals surface area contributed by atoms with Crippen LogP contribution in [-0.2, 0) is 0 Å². The Morgan fingerprint density at radius 2 is 2.19 bits per heavy atom. The molecule has 0 fully saturated rings. The molecular formula is C7H3F2IN2O4. The summed E-state index contributed by atoms with van der Waals surface area (Å²) in [5.41, 5.74) is -1.50. The second-order valence-corrected chi connectivity index (χ2v) is 3.75. The summed E-state index contributed by atoms with van der Waals surface area (Å²) < 4.78 is 24.6. The highest BCUT2D eigenvalue weighted by atomic mass is 127. The number of carboxylic acids is 1. The Kier molecular flexibility index (Phi) is 3.67. The molecule has 0 radical (unpaired) electrons. The van der Waals surface area contributed by atoms with Crippen molar-refractivity contribution in [1.29, 1.82) is 0 Å². The van der Waals surface area contributed by atoms with Crippen LogP contribution in [0.25, 0.3) is 0 Å². The normalized spacial score (nSPS) is 10.5. The molecule has 0 spiro atoms. The van der Waals surface area contributed by atoms with Crippen LogP contribution in [0.2, 0.25) is 0 Å². The molecule has 0 amide bonds. The summed E-state index contributed by atoms with van der Waals surface area (Å²) in [5.74, 6) is -2.67. The molecule has 1 aromatic rings. The van der Waals surface area contributed by atoms with E-state index in [2.05, 4.69) is 4.98 Å². The van der Waals surface area contributed by atoms with Gasteiger partial charge in [-0.1, -0.05) is 0 Å². The summed E-state index contributed by atoms with van der Waals surface area (Å²) in [4.78, 5) is 23.0. The van der Waals surface area contributed by atoms with Gasteiger partial charge in [0.15, 0.2) is 5.56 Å². The largest absolute Gasteiger partial charge is 0.477 e. The SMILES string of the molecule is O=C(O)c1cc(I)c(C(F)F)nc1[N+](=O)[O-]. The Bertz CT molecular complexity index is 466. The summed E-state index contributed by atoms with van der Waals surface area (Å²) >= 11 is 1.45. The summed E-state index contributed by atoms with van der Waals surface area (Å²) in [6.45, 7) is 0. The topological polar surface area (TPSA) is 93.3 Å². The number of aromatic nitrogens is 1. The van der Waals surface area contributed by atoms with Crippen LogP contribution in [0.15, 0.2) is 6.07 Å². The van der Waals surface area contributed by atoms with Gasteiger partial charge in [-0.15, -0.1) is 0 Å². The van der Waals surface area contributed by atoms with Crippen LogP contribution >= 0.6 is 22.6 Å². The molecule has 1 heterocycles. The molecule has 6 nitrogen and oxygen atoms in total. The van der Waals surface area contributed by atoms with Gasteiger partial charge < -0.3 is 15.2 Å². The van der Waals surface area contributed by atoms with Crippen LogP contribution in [0.1, 0.15) is 22.5 Å². The monoisotopic (exact) mass is 344 g/mol. The lowest BCUT2D eigenvalue weighted by Gasteiger charge is -2.01. The number of hydrogen-bond donors (Lipinski definition) is 1. The quantitative estimate of drug-likeness (QED) is 0.516. The molecule has 0 saturated heterocycles. The predicted octanol–water partition coefficient (Wildman–Crippen LogP) is 2.23. The maximum absolute atomic E-state index is 12.4. The van der Waals surface area contributed by atoms with E-state index in [1.54, 1.807) is 0 Å². The lowest BCUT2D eigenvalue weighted by atomic mass is 10.2. The standard InChI is InChI=1S/C7H3F2IN2O4/c8-5(9)4-3(10)1-2(7(13)14)6(11-4)12(15)16/h1,5H,(H,13,14). The molecule has 0 aliphatic heterocycles. The Morgan fingerprint density at radius 3 is 2.56 bits per heavy atom. The molecule has 0 aromatic carbocycles. The summed E-state index contributed by atoms with van der Waals surface area (Å²) in [6.07, 6.45) is -2.99. The predicted molar refractivity (Wildman–Crippen MR) is 55.5 cm³/mol. The zero-order chi connectivity index (χ0) is 12.5. The zero-order valence-electron chi connectivity index (χ0n) is 7.35. The molecule has 0 atom stereocenters. The van der Waals surface area contributed by atoms with Crippen molar-refractivity contribution in [1.82, 2.24) is 4.98 Å². The second kappa shape index (κ2) is 4.63. The van der Waals surface area contributed by atoms with Crippen molar-refractivity contribution < 1.29 is 23.6 Å². The molecule has 1 aromatic heterocycles. The van der Waals surface area contributed by atoms with Crippen LogP contribution in [-0.4, -0.2) is 21.0 Å². The minimum Gasteiger partial charge on any atom is -0.477 e. The van der Waals surface area contributed by atoms with E-state index >= 15 is 0 Å². The van der Waals surface area contributed by atoms with E-state index in [-0.39, 0.29) is 3.57 Å². The molecule has 0 aliphatic carbocycles. The third kappa shape index (κ3) is 2.40. The number of nitro groups is 1. The lowest BCUT2D eigenvalue weighted by molar-refractivity contribution is -0.390. The Hall–Kier alpha value is -1.39. The van der Waals surface area contributed by atoms with Gasteiger partial charge in [0, 0.05) is 0 Å². The van der Waals surface area contributed by atoms with E-state index in [0.717, 1.165) is 6.07 Å². The average Bonchev–Trinajstić information content (AvgIpc) is 2.15. The zero-order valence-corrected chi connectivity index (χ0v) is 9.51. The average molecular weight is 344 g/mol. The van der Waals surface area contributed by atoms with Gasteiger partial charge in [0.2, 0.25) is 5.69 Å². The number of nitrogens with zero attached hydrogens (tertiary/aromatic N) is 2. The first-order valence-electron chi connectivity index (χ1n) is 3.71. The fourth-order valence-electron chi connectivity index (χ4n) is 0.943. The van der Waals surface area contributed by atoms with Crippen molar-refractivity contribution in [3.05, 3.63) is 31.0 Å². The molecule has 0 bridgehead atoms. The molecule has 1 rings (SSSR count). The van der Waals surface area contributed by atoms with Crippen LogP contribution in [0, 0.1) is 13.7 Å². The highest BCUT2D eigenvalue weighted by molar-refractivity contribution is 14.1. The fraction of sp³-hybridized carbons (Fsp3) is 0.143. The van der Waals surface area contributed by atoms with E-state index in [0.29, 0.717) is 0 Å². The number of alkyl halides is 2. The van der Waals surface area contributed by atoms with E-state index in [1.165, 1.54) is 22.6 Å². The minimum atomic E-state index is -2.99. The Morgan fingerprint density at radius 1 is 1.62 bits per heavy atom. The van der Waals surface area contributed by atoms with Crippen LogP contribution in [0.5, 0.6) is 0 Å². The van der Waals surface area contributed by atoms with E-state index in [1.807, 2.05) is 0 Å². The lowest BCUT2D eigenvalue weighted by Crippen LogP contribution is -2.08. The third-order valence-electron chi connectivity index (χ3n) is 1.59. The summed E-state index contributed by atoms with van der Waals surface area (Å²) in [5, 5.41) is 19.1. The summed E-state index contributed by atoms with van der Waals surface area (Å²) in [7, 11) is 0. The highest BCUT2D eigenvalue weighted by Gasteiger charge is 2.29. The van der Waals surface area contributed by atoms with Crippen molar-refractivity contribution in [2.75, 3.05) is 0 Å². The van der Waals surface area contributed by atoms with Gasteiger partial charge >= 0.3 is 18.2 Å². The number of halogens is 3. The van der Waals surface area contributed by atoms with Gasteiger partial charge in [-0.2, -0.15) is 0 Å². The van der Waals surface area contributed by atoms with Crippen LogP contribution in [0.3, 0.4) is 0 Å². The molecule has 86 valence electrons. The van der Waals surface area contributed by atoms with Crippen LogP contribution in [0.4, 0.5) is 14.6 Å². The van der Waals surface area contributed by atoms with Crippen molar-refractivity contribution >= 4 is 34.4 Å². The first kappa shape index (κ1) is 12.7. The Balaban J connectivity index is 3.49.